The van der Waals surface area contributed by atoms with Crippen molar-refractivity contribution in [3.63, 3.8) is 0 Å². The van der Waals surface area contributed by atoms with E-state index in [1.807, 2.05) is 26.1 Å². The Bertz CT molecular complexity index is 459. The van der Waals surface area contributed by atoms with Crippen LogP contribution >= 0.6 is 0 Å². The van der Waals surface area contributed by atoms with Gasteiger partial charge in [-0.3, -0.25) is 0 Å². The number of nitrogens with two attached hydrogens (primary N) is 1. The standard InChI is InChI=1S/C10H12N4/c1-7-4-13-14(6-7)10-8(2)3-9(11)5-12-10/h3-6H,11H2,1-2H3. The maximum Gasteiger partial charge on any atom is 0.156 e. The Labute approximate surface area is 82.4 Å². The molecule has 2 heterocycles. The van der Waals surface area contributed by atoms with Gasteiger partial charge in [0.1, 0.15) is 0 Å². The fourth-order valence-corrected chi connectivity index (χ4v) is 1.36. The van der Waals surface area contributed by atoms with Crippen LogP contribution in [0.1, 0.15) is 11.1 Å². The van der Waals surface area contributed by atoms with Crippen LogP contribution in [-0.4, -0.2) is 14.8 Å². The number of anilines is 1. The normalized spacial score (nSPS) is 10.4. The van der Waals surface area contributed by atoms with Gasteiger partial charge in [-0.05, 0) is 31.0 Å². The summed E-state index contributed by atoms with van der Waals surface area (Å²) in [4.78, 5) is 4.24. The first-order chi connectivity index (χ1) is 6.66. The van der Waals surface area contributed by atoms with E-state index in [4.69, 9.17) is 5.73 Å². The molecule has 0 unspecified atom stereocenters. The van der Waals surface area contributed by atoms with Crippen molar-refractivity contribution in [3.05, 3.63) is 35.8 Å². The van der Waals surface area contributed by atoms with Gasteiger partial charge in [0.05, 0.1) is 18.1 Å². The van der Waals surface area contributed by atoms with Gasteiger partial charge in [-0.2, -0.15) is 5.10 Å². The third-order valence-corrected chi connectivity index (χ3v) is 2.00. The van der Waals surface area contributed by atoms with Gasteiger partial charge in [-0.1, -0.05) is 0 Å². The summed E-state index contributed by atoms with van der Waals surface area (Å²) in [5, 5.41) is 4.19. The van der Waals surface area contributed by atoms with Crippen molar-refractivity contribution in [2.24, 2.45) is 0 Å². The average Bonchev–Trinajstić information content (AvgIpc) is 2.51. The highest BCUT2D eigenvalue weighted by Gasteiger charge is 2.03. The average molecular weight is 188 g/mol. The van der Waals surface area contributed by atoms with Gasteiger partial charge in [0.15, 0.2) is 5.82 Å². The van der Waals surface area contributed by atoms with Crippen LogP contribution in [0.2, 0.25) is 0 Å². The zero-order valence-electron chi connectivity index (χ0n) is 8.23. The number of pyridine rings is 1. The molecule has 0 atom stereocenters. The van der Waals surface area contributed by atoms with E-state index in [0.717, 1.165) is 16.9 Å². The van der Waals surface area contributed by atoms with Crippen molar-refractivity contribution in [2.75, 3.05) is 5.73 Å². The molecule has 2 aromatic heterocycles. The van der Waals surface area contributed by atoms with Gasteiger partial charge in [-0.25, -0.2) is 9.67 Å². The van der Waals surface area contributed by atoms with Gasteiger partial charge in [0.2, 0.25) is 0 Å². The Kier molecular flexibility index (Phi) is 1.96. The Balaban J connectivity index is 2.52. The molecular weight excluding hydrogens is 176 g/mol. The molecule has 2 N–H and O–H groups in total. The molecule has 4 heteroatoms. The van der Waals surface area contributed by atoms with Gasteiger partial charge in [0.25, 0.3) is 0 Å². The molecule has 0 aliphatic carbocycles. The topological polar surface area (TPSA) is 56.7 Å². The van der Waals surface area contributed by atoms with Crippen LogP contribution in [0.4, 0.5) is 5.69 Å². The van der Waals surface area contributed by atoms with Gasteiger partial charge in [0, 0.05) is 6.20 Å². The smallest absolute Gasteiger partial charge is 0.156 e. The molecule has 0 saturated heterocycles. The fourth-order valence-electron chi connectivity index (χ4n) is 1.36. The molecular formula is C10H12N4. The van der Waals surface area contributed by atoms with E-state index < -0.39 is 0 Å². The monoisotopic (exact) mass is 188 g/mol. The summed E-state index contributed by atoms with van der Waals surface area (Å²) in [6.07, 6.45) is 5.38. The third kappa shape index (κ3) is 1.46. The SMILES string of the molecule is Cc1cnn(-c2ncc(N)cc2C)c1. The lowest BCUT2D eigenvalue weighted by molar-refractivity contribution is 0.838. The van der Waals surface area contributed by atoms with E-state index in [-0.39, 0.29) is 0 Å². The molecule has 14 heavy (non-hydrogen) atoms. The number of aryl methyl sites for hydroxylation is 2. The molecule has 0 aliphatic rings. The van der Waals surface area contributed by atoms with Crippen LogP contribution in [0.15, 0.2) is 24.7 Å². The third-order valence-electron chi connectivity index (χ3n) is 2.00. The van der Waals surface area contributed by atoms with E-state index in [2.05, 4.69) is 10.1 Å². The molecule has 72 valence electrons. The molecule has 2 rings (SSSR count). The van der Waals surface area contributed by atoms with Gasteiger partial charge >= 0.3 is 0 Å². The number of nitrogens with zero attached hydrogens (tertiary/aromatic N) is 3. The molecule has 0 aromatic carbocycles. The minimum Gasteiger partial charge on any atom is -0.397 e. The summed E-state index contributed by atoms with van der Waals surface area (Å²) in [6, 6.07) is 1.89. The van der Waals surface area contributed by atoms with E-state index in [0.29, 0.717) is 5.69 Å². The molecule has 0 fully saturated rings. The van der Waals surface area contributed by atoms with Crippen molar-refractivity contribution < 1.29 is 0 Å². The molecule has 2 aromatic rings. The number of hydrogen-bond acceptors (Lipinski definition) is 3. The Hall–Kier alpha value is -1.84. The summed E-state index contributed by atoms with van der Waals surface area (Å²) in [5.74, 6) is 0.826. The first-order valence-electron chi connectivity index (χ1n) is 4.40. The van der Waals surface area contributed by atoms with Crippen LogP contribution in [0.25, 0.3) is 5.82 Å². The molecule has 0 amide bonds. The predicted octanol–water partition coefficient (Wildman–Crippen LogP) is 1.47. The lowest BCUT2D eigenvalue weighted by Gasteiger charge is -2.04. The van der Waals surface area contributed by atoms with E-state index in [1.165, 1.54) is 0 Å². The van der Waals surface area contributed by atoms with Crippen molar-refractivity contribution >= 4 is 5.69 Å². The minimum atomic E-state index is 0.676. The largest absolute Gasteiger partial charge is 0.397 e. The second-order valence-corrected chi connectivity index (χ2v) is 3.37. The second kappa shape index (κ2) is 3.14. The quantitative estimate of drug-likeness (QED) is 0.737. The summed E-state index contributed by atoms with van der Waals surface area (Å²) < 4.78 is 1.75. The highest BCUT2D eigenvalue weighted by Crippen LogP contribution is 2.13. The summed E-state index contributed by atoms with van der Waals surface area (Å²) in [5.41, 5.74) is 8.43. The van der Waals surface area contributed by atoms with Crippen LogP contribution in [-0.2, 0) is 0 Å². The zero-order chi connectivity index (χ0) is 10.1. The maximum absolute atomic E-state index is 5.62. The number of rotatable bonds is 1. The Morgan fingerprint density at radius 1 is 1.29 bits per heavy atom. The number of aromatic nitrogens is 3. The first kappa shape index (κ1) is 8.74. The van der Waals surface area contributed by atoms with Crippen LogP contribution in [0.5, 0.6) is 0 Å². The second-order valence-electron chi connectivity index (χ2n) is 3.37. The van der Waals surface area contributed by atoms with E-state index in [9.17, 15) is 0 Å². The maximum atomic E-state index is 5.62. The molecule has 0 bridgehead atoms. The molecule has 0 saturated carbocycles. The summed E-state index contributed by atoms with van der Waals surface area (Å²) in [7, 11) is 0. The number of hydrogen-bond donors (Lipinski definition) is 1. The molecule has 0 aliphatic heterocycles. The summed E-state index contributed by atoms with van der Waals surface area (Å²) >= 11 is 0. The van der Waals surface area contributed by atoms with Crippen molar-refractivity contribution in [1.29, 1.82) is 0 Å². The fraction of sp³-hybridized carbons (Fsp3) is 0.200. The zero-order valence-corrected chi connectivity index (χ0v) is 8.23. The lowest BCUT2D eigenvalue weighted by atomic mass is 10.2. The highest BCUT2D eigenvalue weighted by molar-refractivity contribution is 5.44. The Morgan fingerprint density at radius 2 is 2.07 bits per heavy atom. The van der Waals surface area contributed by atoms with E-state index >= 15 is 0 Å². The Morgan fingerprint density at radius 3 is 2.64 bits per heavy atom. The van der Waals surface area contributed by atoms with Crippen molar-refractivity contribution in [3.8, 4) is 5.82 Å². The lowest BCUT2D eigenvalue weighted by Crippen LogP contribution is -2.01. The minimum absolute atomic E-state index is 0.676. The van der Waals surface area contributed by atoms with Crippen LogP contribution in [0, 0.1) is 13.8 Å². The number of nitrogen functional groups attached to an aromatic ring is 1. The van der Waals surface area contributed by atoms with Crippen LogP contribution in [0.3, 0.4) is 0 Å². The van der Waals surface area contributed by atoms with Crippen molar-refractivity contribution in [1.82, 2.24) is 14.8 Å². The van der Waals surface area contributed by atoms with Crippen molar-refractivity contribution in [2.45, 2.75) is 13.8 Å². The van der Waals surface area contributed by atoms with E-state index in [1.54, 1.807) is 17.1 Å². The first-order valence-corrected chi connectivity index (χ1v) is 4.40. The molecule has 0 spiro atoms. The molecule has 4 nitrogen and oxygen atoms in total. The summed E-state index contributed by atoms with van der Waals surface area (Å²) in [6.45, 7) is 3.96. The van der Waals surface area contributed by atoms with Gasteiger partial charge in [-0.15, -0.1) is 0 Å². The molecule has 0 radical (unpaired) electrons. The predicted molar refractivity (Wildman–Crippen MR) is 55.2 cm³/mol. The van der Waals surface area contributed by atoms with Crippen LogP contribution < -0.4 is 5.73 Å². The highest BCUT2D eigenvalue weighted by atomic mass is 15.3. The van der Waals surface area contributed by atoms with Gasteiger partial charge < -0.3 is 5.73 Å².